The maximum atomic E-state index is 10.4. The molecule has 0 spiro atoms. The van der Waals surface area contributed by atoms with Crippen LogP contribution in [0, 0.1) is 11.3 Å². The van der Waals surface area contributed by atoms with Crippen LogP contribution in [-0.4, -0.2) is 116 Å². The van der Waals surface area contributed by atoms with E-state index in [1.165, 1.54) is 0 Å². The van der Waals surface area contributed by atoms with E-state index < -0.39 is 67.5 Å². The monoisotopic (exact) mass is 504 g/mol. The molecule has 202 valence electrons. The van der Waals surface area contributed by atoms with E-state index in [4.69, 9.17) is 18.9 Å². The fourth-order valence-corrected chi connectivity index (χ4v) is 4.98. The highest BCUT2D eigenvalue weighted by molar-refractivity contribution is 5.21. The van der Waals surface area contributed by atoms with Crippen molar-refractivity contribution in [1.82, 2.24) is 0 Å². The number of hydrogen-bond acceptors (Lipinski definition) is 11. The molecular formula is C24H40O11. The van der Waals surface area contributed by atoms with E-state index in [-0.39, 0.29) is 24.5 Å². The van der Waals surface area contributed by atoms with Crippen LogP contribution >= 0.6 is 0 Å². The van der Waals surface area contributed by atoms with E-state index >= 15 is 0 Å². The largest absolute Gasteiger partial charge is 0.393 e. The standard InChI is InChI=1S/C24H40O11/c1-12-7-14(26)8-23(3,4)15(12)6-5-13(2)34-21-19(29)18(28)17(27)16(35-21)9-32-22-20(30)24(31,10-25)11-33-22/h5-7,13-22,25-31H,8-11H2,1-4H3/b6-5+/t13?,14-,15+,16-,17-,18+,19-,20+,21-,22-,24-/m1/s1. The molecule has 0 aromatic carbocycles. The first-order chi connectivity index (χ1) is 16.3. The summed E-state index contributed by atoms with van der Waals surface area (Å²) < 4.78 is 22.0. The molecule has 0 amide bonds. The summed E-state index contributed by atoms with van der Waals surface area (Å²) in [5.74, 6) is 0.0816. The summed E-state index contributed by atoms with van der Waals surface area (Å²) >= 11 is 0. The Kier molecular flexibility index (Phi) is 9.15. The topological polar surface area (TPSA) is 179 Å². The van der Waals surface area contributed by atoms with Gasteiger partial charge in [-0.15, -0.1) is 0 Å². The molecule has 2 aliphatic heterocycles. The van der Waals surface area contributed by atoms with Gasteiger partial charge in [0.05, 0.1) is 32.0 Å². The van der Waals surface area contributed by atoms with E-state index in [2.05, 4.69) is 13.8 Å². The van der Waals surface area contributed by atoms with Crippen LogP contribution < -0.4 is 0 Å². The third kappa shape index (κ3) is 6.31. The van der Waals surface area contributed by atoms with Crippen molar-refractivity contribution in [2.24, 2.45) is 11.3 Å². The highest BCUT2D eigenvalue weighted by Gasteiger charge is 2.50. The van der Waals surface area contributed by atoms with Crippen LogP contribution in [0.2, 0.25) is 0 Å². The molecule has 11 atom stereocenters. The van der Waals surface area contributed by atoms with E-state index in [1.807, 2.05) is 25.2 Å². The highest BCUT2D eigenvalue weighted by atomic mass is 16.7. The number of aliphatic hydroxyl groups is 7. The molecule has 35 heavy (non-hydrogen) atoms. The molecule has 1 unspecified atom stereocenters. The van der Waals surface area contributed by atoms with Gasteiger partial charge in [0.2, 0.25) is 0 Å². The first-order valence-electron chi connectivity index (χ1n) is 11.9. The van der Waals surface area contributed by atoms with Crippen molar-refractivity contribution >= 4 is 0 Å². The molecule has 0 aromatic rings. The molecule has 3 rings (SSSR count). The summed E-state index contributed by atoms with van der Waals surface area (Å²) in [4.78, 5) is 0. The van der Waals surface area contributed by atoms with E-state index in [0.29, 0.717) is 6.42 Å². The van der Waals surface area contributed by atoms with Crippen molar-refractivity contribution in [3.63, 3.8) is 0 Å². The van der Waals surface area contributed by atoms with Crippen LogP contribution in [0.5, 0.6) is 0 Å². The number of allylic oxidation sites excluding steroid dienone is 2. The highest BCUT2D eigenvalue weighted by Crippen LogP contribution is 2.42. The summed E-state index contributed by atoms with van der Waals surface area (Å²) in [6.45, 7) is 6.46. The van der Waals surface area contributed by atoms with Crippen LogP contribution in [0.4, 0.5) is 0 Å². The molecule has 11 heteroatoms. The van der Waals surface area contributed by atoms with Gasteiger partial charge in [0.1, 0.15) is 36.1 Å². The van der Waals surface area contributed by atoms with Gasteiger partial charge in [-0.2, -0.15) is 0 Å². The minimum atomic E-state index is -1.86. The number of rotatable bonds is 8. The number of aliphatic hydroxyl groups excluding tert-OH is 6. The minimum absolute atomic E-state index is 0.0816. The van der Waals surface area contributed by atoms with Crippen molar-refractivity contribution in [2.75, 3.05) is 19.8 Å². The molecule has 2 fully saturated rings. The minimum Gasteiger partial charge on any atom is -0.393 e. The van der Waals surface area contributed by atoms with E-state index in [0.717, 1.165) is 5.57 Å². The number of hydrogen-bond donors (Lipinski definition) is 7. The van der Waals surface area contributed by atoms with Crippen molar-refractivity contribution in [2.45, 2.75) is 95.0 Å². The lowest BCUT2D eigenvalue weighted by Gasteiger charge is -2.41. The van der Waals surface area contributed by atoms with Crippen molar-refractivity contribution in [3.8, 4) is 0 Å². The van der Waals surface area contributed by atoms with Gasteiger partial charge in [-0.05, 0) is 25.7 Å². The molecule has 2 saturated heterocycles. The second kappa shape index (κ2) is 11.2. The van der Waals surface area contributed by atoms with Crippen molar-refractivity contribution in [3.05, 3.63) is 23.8 Å². The maximum absolute atomic E-state index is 10.4. The van der Waals surface area contributed by atoms with Gasteiger partial charge >= 0.3 is 0 Å². The Morgan fingerprint density at radius 1 is 1.11 bits per heavy atom. The fraction of sp³-hybridized carbons (Fsp3) is 0.833. The summed E-state index contributed by atoms with van der Waals surface area (Å²) in [7, 11) is 0. The molecule has 0 bridgehead atoms. The summed E-state index contributed by atoms with van der Waals surface area (Å²) in [6, 6.07) is 0. The second-order valence-electron chi connectivity index (χ2n) is 10.6. The number of ether oxygens (including phenoxy) is 4. The molecule has 7 N–H and O–H groups in total. The smallest absolute Gasteiger partial charge is 0.187 e. The van der Waals surface area contributed by atoms with Gasteiger partial charge in [0.15, 0.2) is 12.6 Å². The quantitative estimate of drug-likeness (QED) is 0.193. The second-order valence-corrected chi connectivity index (χ2v) is 10.6. The van der Waals surface area contributed by atoms with E-state index in [1.54, 1.807) is 6.92 Å². The van der Waals surface area contributed by atoms with Gasteiger partial charge in [-0.1, -0.05) is 37.6 Å². The van der Waals surface area contributed by atoms with Crippen LogP contribution in [0.3, 0.4) is 0 Å². The summed E-state index contributed by atoms with van der Waals surface area (Å²) in [6.07, 6.45) is -4.53. The molecule has 1 aliphatic carbocycles. The first-order valence-corrected chi connectivity index (χ1v) is 11.9. The third-order valence-corrected chi connectivity index (χ3v) is 7.12. The van der Waals surface area contributed by atoms with Crippen LogP contribution in [0.15, 0.2) is 23.8 Å². The Labute approximate surface area is 205 Å². The van der Waals surface area contributed by atoms with Gasteiger partial charge in [0, 0.05) is 5.92 Å². The van der Waals surface area contributed by atoms with Crippen molar-refractivity contribution in [1.29, 1.82) is 0 Å². The van der Waals surface area contributed by atoms with Gasteiger partial charge < -0.3 is 54.7 Å². The maximum Gasteiger partial charge on any atom is 0.187 e. The summed E-state index contributed by atoms with van der Waals surface area (Å²) in [5, 5.41) is 70.4. The Hall–Kier alpha value is -0.960. The zero-order chi connectivity index (χ0) is 26.1. The zero-order valence-corrected chi connectivity index (χ0v) is 20.6. The van der Waals surface area contributed by atoms with Gasteiger partial charge in [0.25, 0.3) is 0 Å². The fourth-order valence-electron chi connectivity index (χ4n) is 4.98. The predicted molar refractivity (Wildman–Crippen MR) is 122 cm³/mol. The average molecular weight is 505 g/mol. The first kappa shape index (κ1) is 28.6. The Balaban J connectivity index is 1.60. The Bertz CT molecular complexity index is 771. The SMILES string of the molecule is CC1=C[C@@H](O)CC(C)(C)[C@H]1/C=C/C(C)O[C@@H]1O[C@H](CO[C@@H]2OC[C@](O)(CO)[C@H]2O)[C@@H](O)[C@H](O)[C@H]1O. The van der Waals surface area contributed by atoms with Crippen molar-refractivity contribution < 1.29 is 54.7 Å². The molecule has 3 aliphatic rings. The molecule has 2 heterocycles. The zero-order valence-electron chi connectivity index (χ0n) is 20.6. The third-order valence-electron chi connectivity index (χ3n) is 7.12. The average Bonchev–Trinajstić information content (AvgIpc) is 3.06. The molecular weight excluding hydrogens is 464 g/mol. The Morgan fingerprint density at radius 3 is 2.40 bits per heavy atom. The lowest BCUT2D eigenvalue weighted by atomic mass is 9.68. The van der Waals surface area contributed by atoms with E-state index in [9.17, 15) is 35.7 Å². The van der Waals surface area contributed by atoms with Crippen LogP contribution in [0.1, 0.15) is 34.1 Å². The predicted octanol–water partition coefficient (Wildman–Crippen LogP) is -1.43. The van der Waals surface area contributed by atoms with Crippen LogP contribution in [-0.2, 0) is 18.9 Å². The Morgan fingerprint density at radius 2 is 1.80 bits per heavy atom. The van der Waals surface area contributed by atoms with Gasteiger partial charge in [-0.25, -0.2) is 0 Å². The lowest BCUT2D eigenvalue weighted by molar-refractivity contribution is -0.314. The molecule has 0 radical (unpaired) electrons. The molecule has 11 nitrogen and oxygen atoms in total. The lowest BCUT2D eigenvalue weighted by Crippen LogP contribution is -2.60. The molecule has 0 saturated carbocycles. The molecule has 0 aromatic heterocycles. The normalized spacial score (nSPS) is 45.0. The van der Waals surface area contributed by atoms with Crippen LogP contribution in [0.25, 0.3) is 0 Å². The summed E-state index contributed by atoms with van der Waals surface area (Å²) in [5.41, 5.74) is -0.975. The van der Waals surface area contributed by atoms with Gasteiger partial charge in [-0.3, -0.25) is 0 Å².